The first-order chi connectivity index (χ1) is 8.24. The van der Waals surface area contributed by atoms with E-state index in [1.807, 2.05) is 30.9 Å². The molecule has 90 valence electrons. The largest absolute Gasteiger partial charge is 0.311 e. The molecule has 0 radical (unpaired) electrons. The van der Waals surface area contributed by atoms with Gasteiger partial charge in [-0.1, -0.05) is 12.2 Å². The molecule has 1 aromatic rings. The van der Waals surface area contributed by atoms with Crippen LogP contribution in [0.1, 0.15) is 25.5 Å². The smallest absolute Gasteiger partial charge is 0.230 e. The summed E-state index contributed by atoms with van der Waals surface area (Å²) >= 11 is 0. The van der Waals surface area contributed by atoms with Crippen molar-refractivity contribution in [2.75, 3.05) is 11.4 Å². The molecular formula is C14H18N2O. The number of rotatable bonds is 3. The van der Waals surface area contributed by atoms with Crippen LogP contribution in [0.4, 0.5) is 5.69 Å². The average molecular weight is 230 g/mol. The molecule has 0 unspecified atom stereocenters. The quantitative estimate of drug-likeness (QED) is 0.748. The Morgan fingerprint density at radius 2 is 2.18 bits per heavy atom. The number of pyridine rings is 1. The van der Waals surface area contributed by atoms with Crippen molar-refractivity contribution in [2.24, 2.45) is 5.92 Å². The highest BCUT2D eigenvalue weighted by Gasteiger charge is 2.25. The molecule has 1 amide bonds. The van der Waals surface area contributed by atoms with E-state index >= 15 is 0 Å². The molecule has 3 heteroatoms. The lowest BCUT2D eigenvalue weighted by molar-refractivity contribution is -0.122. The second kappa shape index (κ2) is 5.13. The standard InChI is InChI=1S/C14H18N2O/c1-3-16(13-9-6-10-15-11(13)2)14(17)12-7-4-5-8-12/h4-6,9-10,12H,3,7-8H2,1-2H3. The van der Waals surface area contributed by atoms with Crippen LogP contribution in [-0.4, -0.2) is 17.4 Å². The van der Waals surface area contributed by atoms with Crippen molar-refractivity contribution in [2.45, 2.75) is 26.7 Å². The fraction of sp³-hybridized carbons (Fsp3) is 0.429. The summed E-state index contributed by atoms with van der Waals surface area (Å²) in [6.45, 7) is 4.65. The van der Waals surface area contributed by atoms with Crippen LogP contribution in [0.25, 0.3) is 0 Å². The fourth-order valence-corrected chi connectivity index (χ4v) is 2.25. The van der Waals surface area contributed by atoms with E-state index < -0.39 is 0 Å². The first kappa shape index (κ1) is 11.8. The van der Waals surface area contributed by atoms with Gasteiger partial charge in [0, 0.05) is 18.7 Å². The Morgan fingerprint density at radius 1 is 1.47 bits per heavy atom. The molecule has 0 saturated heterocycles. The molecule has 2 rings (SSSR count). The van der Waals surface area contributed by atoms with Gasteiger partial charge in [0.2, 0.25) is 5.91 Å². The van der Waals surface area contributed by atoms with Crippen LogP contribution in [0.3, 0.4) is 0 Å². The first-order valence-electron chi connectivity index (χ1n) is 6.12. The van der Waals surface area contributed by atoms with E-state index in [1.54, 1.807) is 6.20 Å². The molecule has 1 aliphatic carbocycles. The van der Waals surface area contributed by atoms with Crippen molar-refractivity contribution in [3.63, 3.8) is 0 Å². The van der Waals surface area contributed by atoms with Crippen molar-refractivity contribution in [1.82, 2.24) is 4.98 Å². The van der Waals surface area contributed by atoms with Crippen molar-refractivity contribution in [1.29, 1.82) is 0 Å². The molecule has 1 aromatic heterocycles. The Bertz CT molecular complexity index is 432. The Labute approximate surface area is 102 Å². The minimum absolute atomic E-state index is 0.120. The van der Waals surface area contributed by atoms with E-state index in [1.165, 1.54) is 0 Å². The average Bonchev–Trinajstić information content (AvgIpc) is 2.86. The summed E-state index contributed by atoms with van der Waals surface area (Å²) in [6, 6.07) is 3.84. The second-order valence-electron chi connectivity index (χ2n) is 4.33. The number of carbonyl (C=O) groups is 1. The molecule has 0 N–H and O–H groups in total. The highest BCUT2D eigenvalue weighted by molar-refractivity contribution is 5.95. The van der Waals surface area contributed by atoms with Gasteiger partial charge in [-0.3, -0.25) is 9.78 Å². The maximum Gasteiger partial charge on any atom is 0.230 e. The zero-order valence-electron chi connectivity index (χ0n) is 10.4. The number of aromatic nitrogens is 1. The van der Waals surface area contributed by atoms with Gasteiger partial charge in [0.15, 0.2) is 0 Å². The highest BCUT2D eigenvalue weighted by Crippen LogP contribution is 2.25. The number of amides is 1. The summed E-state index contributed by atoms with van der Waals surface area (Å²) in [4.78, 5) is 18.5. The summed E-state index contributed by atoms with van der Waals surface area (Å²) in [5, 5.41) is 0. The third-order valence-electron chi connectivity index (χ3n) is 3.21. The number of anilines is 1. The van der Waals surface area contributed by atoms with E-state index in [9.17, 15) is 4.79 Å². The van der Waals surface area contributed by atoms with Gasteiger partial charge in [0.25, 0.3) is 0 Å². The maximum atomic E-state index is 12.4. The van der Waals surface area contributed by atoms with E-state index in [0.29, 0.717) is 6.54 Å². The summed E-state index contributed by atoms with van der Waals surface area (Å²) in [7, 11) is 0. The molecule has 0 aliphatic heterocycles. The Balaban J connectivity index is 2.21. The van der Waals surface area contributed by atoms with Gasteiger partial charge in [-0.05, 0) is 38.8 Å². The normalized spacial score (nSPS) is 15.2. The van der Waals surface area contributed by atoms with Crippen LogP contribution in [0.5, 0.6) is 0 Å². The molecule has 17 heavy (non-hydrogen) atoms. The lowest BCUT2D eigenvalue weighted by Crippen LogP contribution is -2.35. The molecule has 3 nitrogen and oxygen atoms in total. The van der Waals surface area contributed by atoms with Crippen LogP contribution in [0, 0.1) is 12.8 Å². The zero-order chi connectivity index (χ0) is 12.3. The second-order valence-corrected chi connectivity index (χ2v) is 4.33. The van der Waals surface area contributed by atoms with Crippen LogP contribution < -0.4 is 4.90 Å². The number of hydrogen-bond donors (Lipinski definition) is 0. The molecule has 1 heterocycles. The first-order valence-corrected chi connectivity index (χ1v) is 6.12. The summed E-state index contributed by atoms with van der Waals surface area (Å²) in [6.07, 6.45) is 7.68. The number of carbonyl (C=O) groups excluding carboxylic acids is 1. The molecule has 0 fully saturated rings. The molecular weight excluding hydrogens is 212 g/mol. The lowest BCUT2D eigenvalue weighted by atomic mass is 10.1. The SMILES string of the molecule is CCN(C(=O)C1CC=CC1)c1cccnc1C. The third-order valence-corrected chi connectivity index (χ3v) is 3.21. The maximum absolute atomic E-state index is 12.4. The number of hydrogen-bond acceptors (Lipinski definition) is 2. The van der Waals surface area contributed by atoms with Crippen molar-refractivity contribution < 1.29 is 4.79 Å². The predicted molar refractivity (Wildman–Crippen MR) is 68.9 cm³/mol. The molecule has 1 aliphatic rings. The van der Waals surface area contributed by atoms with E-state index in [0.717, 1.165) is 24.2 Å². The zero-order valence-corrected chi connectivity index (χ0v) is 10.4. The van der Waals surface area contributed by atoms with Crippen LogP contribution in [0.15, 0.2) is 30.5 Å². The third kappa shape index (κ3) is 2.38. The van der Waals surface area contributed by atoms with Gasteiger partial charge in [-0.15, -0.1) is 0 Å². The van der Waals surface area contributed by atoms with Gasteiger partial charge in [0.05, 0.1) is 11.4 Å². The molecule has 0 saturated carbocycles. The topological polar surface area (TPSA) is 33.2 Å². The molecule has 0 aromatic carbocycles. The Kier molecular flexibility index (Phi) is 3.57. The number of aryl methyl sites for hydroxylation is 1. The fourth-order valence-electron chi connectivity index (χ4n) is 2.25. The van der Waals surface area contributed by atoms with Crippen LogP contribution in [0.2, 0.25) is 0 Å². The van der Waals surface area contributed by atoms with E-state index in [4.69, 9.17) is 0 Å². The predicted octanol–water partition coefficient (Wildman–Crippen LogP) is 2.71. The lowest BCUT2D eigenvalue weighted by Gasteiger charge is -2.25. The van der Waals surface area contributed by atoms with Gasteiger partial charge < -0.3 is 4.90 Å². The van der Waals surface area contributed by atoms with Gasteiger partial charge in [0.1, 0.15) is 0 Å². The van der Waals surface area contributed by atoms with Gasteiger partial charge >= 0.3 is 0 Å². The minimum Gasteiger partial charge on any atom is -0.311 e. The number of allylic oxidation sites excluding steroid dienone is 2. The van der Waals surface area contributed by atoms with Gasteiger partial charge in [-0.2, -0.15) is 0 Å². The van der Waals surface area contributed by atoms with E-state index in [-0.39, 0.29) is 11.8 Å². The summed E-state index contributed by atoms with van der Waals surface area (Å²) in [5.41, 5.74) is 1.85. The van der Waals surface area contributed by atoms with Crippen molar-refractivity contribution in [3.05, 3.63) is 36.2 Å². The molecule has 0 spiro atoms. The highest BCUT2D eigenvalue weighted by atomic mass is 16.2. The monoisotopic (exact) mass is 230 g/mol. The van der Waals surface area contributed by atoms with Gasteiger partial charge in [-0.25, -0.2) is 0 Å². The van der Waals surface area contributed by atoms with E-state index in [2.05, 4.69) is 17.1 Å². The summed E-state index contributed by atoms with van der Waals surface area (Å²) in [5.74, 6) is 0.336. The van der Waals surface area contributed by atoms with Crippen molar-refractivity contribution >= 4 is 11.6 Å². The Morgan fingerprint density at radius 3 is 2.76 bits per heavy atom. The van der Waals surface area contributed by atoms with Crippen LogP contribution in [-0.2, 0) is 4.79 Å². The number of nitrogens with zero attached hydrogens (tertiary/aromatic N) is 2. The molecule has 0 bridgehead atoms. The van der Waals surface area contributed by atoms with Crippen molar-refractivity contribution in [3.8, 4) is 0 Å². The minimum atomic E-state index is 0.120. The Hall–Kier alpha value is -1.64. The summed E-state index contributed by atoms with van der Waals surface area (Å²) < 4.78 is 0. The molecule has 0 atom stereocenters. The van der Waals surface area contributed by atoms with Crippen LogP contribution >= 0.6 is 0 Å².